The molecule has 0 radical (unpaired) electrons. The molecule has 18 heavy (non-hydrogen) atoms. The third-order valence-electron chi connectivity index (χ3n) is 3.12. The molecule has 3 nitrogen and oxygen atoms in total. The Morgan fingerprint density at radius 3 is 2.78 bits per heavy atom. The molecule has 1 aromatic carbocycles. The van der Waals surface area contributed by atoms with Crippen molar-refractivity contribution < 1.29 is 0 Å². The molecule has 0 aliphatic carbocycles. The minimum Gasteiger partial charge on any atom is -0.270 e. The monoisotopic (exact) mass is 237 g/mol. The first-order valence-electron chi connectivity index (χ1n) is 6.13. The topological polar surface area (TPSA) is 30.7 Å². The molecule has 3 heteroatoms. The van der Waals surface area contributed by atoms with Crippen LogP contribution in [0.5, 0.6) is 0 Å². The minimum atomic E-state index is 0.385. The predicted molar refractivity (Wildman–Crippen MR) is 73.3 cm³/mol. The molecule has 0 aliphatic rings. The zero-order valence-corrected chi connectivity index (χ0v) is 10.5. The van der Waals surface area contributed by atoms with Gasteiger partial charge in [0.2, 0.25) is 0 Å². The molecule has 2 heterocycles. The number of benzene rings is 1. The van der Waals surface area contributed by atoms with Crippen LogP contribution in [0, 0.1) is 0 Å². The molecule has 3 aromatic rings. The largest absolute Gasteiger partial charge is 0.270 e. The summed E-state index contributed by atoms with van der Waals surface area (Å²) in [6.07, 6.45) is 7.75. The van der Waals surface area contributed by atoms with Crippen LogP contribution in [0.2, 0.25) is 0 Å². The van der Waals surface area contributed by atoms with E-state index in [1.807, 2.05) is 23.3 Å². The lowest BCUT2D eigenvalue weighted by atomic mass is 10.0. The van der Waals surface area contributed by atoms with Crippen LogP contribution in [-0.2, 0) is 0 Å². The van der Waals surface area contributed by atoms with Crippen LogP contribution < -0.4 is 0 Å². The van der Waals surface area contributed by atoms with Crippen molar-refractivity contribution in [1.82, 2.24) is 14.8 Å². The Bertz CT molecular complexity index is 678. The van der Waals surface area contributed by atoms with Gasteiger partial charge in [-0.2, -0.15) is 5.10 Å². The number of nitrogens with zero attached hydrogens (tertiary/aromatic N) is 3. The number of hydrogen-bond acceptors (Lipinski definition) is 2. The highest BCUT2D eigenvalue weighted by Crippen LogP contribution is 2.28. The Balaban J connectivity index is 2.18. The van der Waals surface area contributed by atoms with Gasteiger partial charge in [-0.25, -0.2) is 0 Å². The summed E-state index contributed by atoms with van der Waals surface area (Å²) in [6.45, 7) is 4.26. The second kappa shape index (κ2) is 4.26. The molecule has 2 aromatic heterocycles. The average Bonchev–Trinajstić information content (AvgIpc) is 2.87. The lowest BCUT2D eigenvalue weighted by Gasteiger charge is -2.05. The van der Waals surface area contributed by atoms with Crippen LogP contribution in [0.15, 0.2) is 49.1 Å². The van der Waals surface area contributed by atoms with Crippen LogP contribution in [0.25, 0.3) is 21.9 Å². The Morgan fingerprint density at radius 1 is 1.11 bits per heavy atom. The number of fused-ring (bicyclic) bond motifs is 1. The summed E-state index contributed by atoms with van der Waals surface area (Å²) in [6, 6.07) is 8.71. The van der Waals surface area contributed by atoms with E-state index in [0.717, 1.165) is 10.9 Å². The summed E-state index contributed by atoms with van der Waals surface area (Å²) in [5, 5.41) is 6.78. The van der Waals surface area contributed by atoms with Crippen molar-refractivity contribution in [1.29, 1.82) is 0 Å². The molecule has 3 rings (SSSR count). The molecule has 0 atom stereocenters. The molecule has 0 saturated carbocycles. The summed E-state index contributed by atoms with van der Waals surface area (Å²) in [4.78, 5) is 4.16. The second-order valence-corrected chi connectivity index (χ2v) is 4.71. The highest BCUT2D eigenvalue weighted by atomic mass is 15.3. The lowest BCUT2D eigenvalue weighted by Crippen LogP contribution is -1.99. The van der Waals surface area contributed by atoms with Crippen LogP contribution in [0.3, 0.4) is 0 Å². The minimum absolute atomic E-state index is 0.385. The van der Waals surface area contributed by atoms with E-state index in [1.54, 1.807) is 0 Å². The van der Waals surface area contributed by atoms with Gasteiger partial charge in [-0.1, -0.05) is 18.2 Å². The van der Waals surface area contributed by atoms with Gasteiger partial charge in [-0.05, 0) is 30.9 Å². The lowest BCUT2D eigenvalue weighted by molar-refractivity contribution is 0.532. The quantitative estimate of drug-likeness (QED) is 0.680. The first-order chi connectivity index (χ1) is 8.75. The average molecular weight is 237 g/mol. The van der Waals surface area contributed by atoms with Crippen molar-refractivity contribution in [2.75, 3.05) is 0 Å². The zero-order chi connectivity index (χ0) is 12.5. The van der Waals surface area contributed by atoms with E-state index in [4.69, 9.17) is 0 Å². The molecule has 0 unspecified atom stereocenters. The maximum Gasteiger partial charge on any atom is 0.0568 e. The van der Waals surface area contributed by atoms with Crippen LogP contribution in [0.4, 0.5) is 0 Å². The van der Waals surface area contributed by atoms with Crippen LogP contribution in [-0.4, -0.2) is 14.8 Å². The highest BCUT2D eigenvalue weighted by molar-refractivity contribution is 5.95. The van der Waals surface area contributed by atoms with E-state index in [1.165, 1.54) is 10.9 Å². The van der Waals surface area contributed by atoms with Crippen LogP contribution >= 0.6 is 0 Å². The number of rotatable bonds is 2. The summed E-state index contributed by atoms with van der Waals surface area (Å²) in [5.74, 6) is 0. The molecule has 0 spiro atoms. The zero-order valence-electron chi connectivity index (χ0n) is 10.5. The van der Waals surface area contributed by atoms with E-state index in [2.05, 4.69) is 54.4 Å². The first-order valence-corrected chi connectivity index (χ1v) is 6.13. The van der Waals surface area contributed by atoms with Crippen molar-refractivity contribution in [2.24, 2.45) is 0 Å². The summed E-state index contributed by atoms with van der Waals surface area (Å²) in [7, 11) is 0. The van der Waals surface area contributed by atoms with Gasteiger partial charge in [-0.15, -0.1) is 0 Å². The number of hydrogen-bond donors (Lipinski definition) is 0. The van der Waals surface area contributed by atoms with Gasteiger partial charge in [-0.3, -0.25) is 9.67 Å². The Morgan fingerprint density at radius 2 is 2.00 bits per heavy atom. The summed E-state index contributed by atoms with van der Waals surface area (Å²) in [5.41, 5.74) is 2.36. The first kappa shape index (κ1) is 11.0. The maximum atomic E-state index is 4.40. The molecule has 90 valence electrons. The van der Waals surface area contributed by atoms with Gasteiger partial charge in [0.25, 0.3) is 0 Å². The number of pyridine rings is 1. The third-order valence-corrected chi connectivity index (χ3v) is 3.12. The van der Waals surface area contributed by atoms with Crippen molar-refractivity contribution >= 4 is 10.8 Å². The second-order valence-electron chi connectivity index (χ2n) is 4.71. The number of aromatic nitrogens is 3. The molecule has 0 fully saturated rings. The Kier molecular flexibility index (Phi) is 2.59. The smallest absolute Gasteiger partial charge is 0.0568 e. The van der Waals surface area contributed by atoms with Gasteiger partial charge in [0.15, 0.2) is 0 Å². The Labute approximate surface area is 106 Å². The fourth-order valence-corrected chi connectivity index (χ4v) is 2.13. The van der Waals surface area contributed by atoms with Crippen molar-refractivity contribution in [3.63, 3.8) is 0 Å². The molecular formula is C15H15N3. The highest BCUT2D eigenvalue weighted by Gasteiger charge is 2.07. The van der Waals surface area contributed by atoms with Gasteiger partial charge in [0, 0.05) is 35.6 Å². The fraction of sp³-hybridized carbons (Fsp3) is 0.200. The summed E-state index contributed by atoms with van der Waals surface area (Å²) >= 11 is 0. The standard InChI is InChI=1S/C15H15N3/c1-11(2)18-10-13(9-17-18)14-5-3-4-12-8-16-7-6-15(12)14/h3-11H,1-2H3. The van der Waals surface area contributed by atoms with E-state index in [0.29, 0.717) is 6.04 Å². The predicted octanol–water partition coefficient (Wildman–Crippen LogP) is 3.68. The maximum absolute atomic E-state index is 4.40. The SMILES string of the molecule is CC(C)n1cc(-c2cccc3cnccc23)cn1. The molecule has 0 N–H and O–H groups in total. The van der Waals surface area contributed by atoms with Gasteiger partial charge >= 0.3 is 0 Å². The van der Waals surface area contributed by atoms with Crippen LogP contribution in [0.1, 0.15) is 19.9 Å². The van der Waals surface area contributed by atoms with E-state index in [-0.39, 0.29) is 0 Å². The van der Waals surface area contributed by atoms with Crippen molar-refractivity contribution in [3.05, 3.63) is 49.1 Å². The fourth-order valence-electron chi connectivity index (χ4n) is 2.13. The van der Waals surface area contributed by atoms with Crippen molar-refractivity contribution in [2.45, 2.75) is 19.9 Å². The molecule has 0 bridgehead atoms. The Hall–Kier alpha value is -2.16. The van der Waals surface area contributed by atoms with Gasteiger partial charge < -0.3 is 0 Å². The van der Waals surface area contributed by atoms with E-state index in [9.17, 15) is 0 Å². The van der Waals surface area contributed by atoms with Gasteiger partial charge in [0.05, 0.1) is 6.20 Å². The third kappa shape index (κ3) is 1.78. The summed E-state index contributed by atoms with van der Waals surface area (Å²) < 4.78 is 1.98. The van der Waals surface area contributed by atoms with Crippen molar-refractivity contribution in [3.8, 4) is 11.1 Å². The molecule has 0 aliphatic heterocycles. The molecule has 0 saturated heterocycles. The van der Waals surface area contributed by atoms with Gasteiger partial charge in [0.1, 0.15) is 0 Å². The van der Waals surface area contributed by atoms with E-state index >= 15 is 0 Å². The van der Waals surface area contributed by atoms with E-state index < -0.39 is 0 Å². The molecular weight excluding hydrogens is 222 g/mol. The normalized spacial score (nSPS) is 11.3. The molecule has 0 amide bonds.